The van der Waals surface area contributed by atoms with Gasteiger partial charge in [0.25, 0.3) is 0 Å². The van der Waals surface area contributed by atoms with Crippen molar-refractivity contribution < 1.29 is 69.4 Å². The summed E-state index contributed by atoms with van der Waals surface area (Å²) in [6.45, 7) is 4.57. The Morgan fingerprint density at radius 2 is 1.73 bits per heavy atom. The number of carbonyl (C=O) groups excluding carboxylic acids is 1. The Morgan fingerprint density at radius 3 is 2.22 bits per heavy atom. The number of nitrogens with one attached hydrogen (secondary N) is 1. The van der Waals surface area contributed by atoms with Crippen molar-refractivity contribution in [1.82, 2.24) is 4.90 Å². The zero-order chi connectivity index (χ0) is 29.9. The smallest absolute Gasteiger partial charge is 0.468 e. The van der Waals surface area contributed by atoms with E-state index in [1.54, 1.807) is 31.3 Å². The van der Waals surface area contributed by atoms with Crippen molar-refractivity contribution in [3.05, 3.63) is 87.4 Å². The molecule has 1 amide bonds. The number of likely N-dealkylation sites (tertiary alicyclic amines) is 1. The minimum atomic E-state index is -4.21. The molecule has 1 fully saturated rings. The Bertz CT molecular complexity index is 1310. The summed E-state index contributed by atoms with van der Waals surface area (Å²) in [6.07, 6.45) is -2.07. The first-order valence-corrected chi connectivity index (χ1v) is 12.6. The quantitative estimate of drug-likeness (QED) is 0.177. The van der Waals surface area contributed by atoms with Crippen molar-refractivity contribution in [3.63, 3.8) is 0 Å². The van der Waals surface area contributed by atoms with Crippen LogP contribution < -0.4 is 68.6 Å². The van der Waals surface area contributed by atoms with Crippen molar-refractivity contribution in [2.24, 2.45) is 28.1 Å². The number of aryl methyl sites for hydroxylation is 1. The van der Waals surface area contributed by atoms with Gasteiger partial charge in [-0.3, -0.25) is 10.2 Å². The monoisotopic (exact) mass is 593 g/mol. The van der Waals surface area contributed by atoms with Crippen molar-refractivity contribution in [2.45, 2.75) is 25.9 Å². The molecule has 41 heavy (non-hydrogen) atoms. The molecule has 1 heterocycles. The van der Waals surface area contributed by atoms with Crippen LogP contribution in [0, 0.1) is 30.1 Å². The standard InChI is InChI=1S/C22H31N7O.C7H5F3.K/c1-14-4-5-17(21(26)30)12-16(14)6-7-18(23)19(20(24)25)22(27-2)28-13-15-8-10-29(3)11-9-15;8-7(9,10)6-4-2-1-3-5-6;/h4-5,12,15H,8-11,13H2,1-3H3,(H8,23,24,25,26,27,28,30);1-5H;/q;;+1/p-1. The van der Waals surface area contributed by atoms with Crippen molar-refractivity contribution in [3.8, 4) is 11.8 Å². The molecule has 1 saturated heterocycles. The number of piperidine rings is 1. The number of halogens is 3. The van der Waals surface area contributed by atoms with Gasteiger partial charge in [0.15, 0.2) is 0 Å². The van der Waals surface area contributed by atoms with Crippen LogP contribution in [-0.4, -0.2) is 56.2 Å². The summed E-state index contributed by atoms with van der Waals surface area (Å²) in [5.74, 6) is 5.80. The summed E-state index contributed by atoms with van der Waals surface area (Å²) < 4.78 is 35.4. The van der Waals surface area contributed by atoms with Gasteiger partial charge < -0.3 is 32.4 Å². The van der Waals surface area contributed by atoms with Crippen LogP contribution in [0.25, 0.3) is 5.32 Å². The van der Waals surface area contributed by atoms with Crippen LogP contribution in [0.4, 0.5) is 13.2 Å². The van der Waals surface area contributed by atoms with Crippen LogP contribution in [0.2, 0.25) is 0 Å². The molecule has 0 aliphatic carbocycles. The summed E-state index contributed by atoms with van der Waals surface area (Å²) in [7, 11) is 3.71. The summed E-state index contributed by atoms with van der Waals surface area (Å²) in [5.41, 5.74) is 18.9. The normalized spacial score (nSPS) is 14.7. The maximum atomic E-state index is 11.8. The molecule has 214 valence electrons. The number of allylic oxidation sites excluding steroid dienone is 1. The molecule has 0 atom stereocenters. The van der Waals surface area contributed by atoms with E-state index in [-0.39, 0.29) is 68.5 Å². The number of amides is 1. The van der Waals surface area contributed by atoms with E-state index in [0.717, 1.165) is 43.6 Å². The summed E-state index contributed by atoms with van der Waals surface area (Å²) in [5, 5.41) is 12.1. The molecule has 0 aromatic heterocycles. The van der Waals surface area contributed by atoms with Gasteiger partial charge in [0.1, 0.15) is 5.84 Å². The molecule has 8 nitrogen and oxygen atoms in total. The first-order chi connectivity index (χ1) is 18.8. The predicted molar refractivity (Wildman–Crippen MR) is 153 cm³/mol. The van der Waals surface area contributed by atoms with Gasteiger partial charge >= 0.3 is 57.6 Å². The minimum absolute atomic E-state index is 0. The van der Waals surface area contributed by atoms with Crippen LogP contribution in [0.1, 0.15) is 39.9 Å². The van der Waals surface area contributed by atoms with Crippen molar-refractivity contribution in [1.29, 1.82) is 5.41 Å². The van der Waals surface area contributed by atoms with Crippen LogP contribution in [0.5, 0.6) is 0 Å². The molecular weight excluding hydrogens is 558 g/mol. The zero-order valence-electron chi connectivity index (χ0n) is 23.8. The molecule has 2 aromatic rings. The van der Waals surface area contributed by atoms with E-state index in [0.29, 0.717) is 29.4 Å². The van der Waals surface area contributed by atoms with Crippen LogP contribution >= 0.6 is 0 Å². The average Bonchev–Trinajstić information content (AvgIpc) is 2.91. The second kappa shape index (κ2) is 17.3. The molecule has 2 aromatic carbocycles. The number of primary amides is 1. The number of nitrogens with zero attached hydrogens (tertiary/aromatic N) is 3. The number of aliphatic imine (C=N–C) groups is 1. The Morgan fingerprint density at radius 1 is 1.12 bits per heavy atom. The number of hydrogen-bond acceptors (Lipinski definition) is 5. The number of nitrogens with two attached hydrogens (primary N) is 3. The molecule has 7 N–H and O–H groups in total. The van der Waals surface area contributed by atoms with Crippen LogP contribution in [0.3, 0.4) is 0 Å². The molecule has 0 saturated carbocycles. The third-order valence-corrected chi connectivity index (χ3v) is 6.27. The number of likely N-dealkylation sites (N-methyl/N-ethyl adjacent to an activating group) is 1. The molecule has 3 rings (SSSR count). The Balaban J connectivity index is 0.000000644. The zero-order valence-corrected chi connectivity index (χ0v) is 27.0. The molecule has 0 spiro atoms. The van der Waals surface area contributed by atoms with Gasteiger partial charge in [0.05, 0.1) is 11.3 Å². The van der Waals surface area contributed by atoms with Crippen molar-refractivity contribution >= 4 is 17.6 Å². The van der Waals surface area contributed by atoms with E-state index < -0.39 is 17.6 Å². The maximum absolute atomic E-state index is 11.8. The van der Waals surface area contributed by atoms with Gasteiger partial charge in [-0.1, -0.05) is 55.2 Å². The topological polar surface area (TPSA) is 149 Å². The van der Waals surface area contributed by atoms with Gasteiger partial charge in [-0.2, -0.15) is 13.2 Å². The van der Waals surface area contributed by atoms with Gasteiger partial charge in [-0.05, 0) is 76.0 Å². The predicted octanol–water partition coefficient (Wildman–Crippen LogP) is 1.05. The fourth-order valence-corrected chi connectivity index (χ4v) is 3.84. The Kier molecular flexibility index (Phi) is 15.4. The van der Waals surface area contributed by atoms with Gasteiger partial charge in [0, 0.05) is 16.7 Å². The molecule has 1 aliphatic rings. The van der Waals surface area contributed by atoms with E-state index in [9.17, 15) is 18.0 Å². The first kappa shape index (κ1) is 36.4. The van der Waals surface area contributed by atoms with E-state index in [4.69, 9.17) is 22.6 Å². The van der Waals surface area contributed by atoms with Gasteiger partial charge in [0.2, 0.25) is 5.91 Å². The third kappa shape index (κ3) is 12.0. The second-order valence-corrected chi connectivity index (χ2v) is 9.34. The van der Waals surface area contributed by atoms with Crippen LogP contribution in [-0.2, 0) is 6.18 Å². The van der Waals surface area contributed by atoms with E-state index in [1.807, 2.05) is 6.92 Å². The number of carbonyl (C=O) groups is 1. The number of amidine groups is 2. The minimum Gasteiger partial charge on any atom is -0.468 e. The summed E-state index contributed by atoms with van der Waals surface area (Å²) >= 11 is 0. The number of rotatable bonds is 5. The largest absolute Gasteiger partial charge is 1.00 e. The van der Waals surface area contributed by atoms with Gasteiger partial charge in [-0.25, -0.2) is 0 Å². The summed E-state index contributed by atoms with van der Waals surface area (Å²) in [4.78, 5) is 18.3. The second-order valence-electron chi connectivity index (χ2n) is 9.34. The number of hydrogen-bond donors (Lipinski definition) is 4. The summed E-state index contributed by atoms with van der Waals surface area (Å²) in [6, 6.07) is 11.4. The molecule has 0 unspecified atom stereocenters. The molecule has 1 aliphatic heterocycles. The number of benzene rings is 2. The van der Waals surface area contributed by atoms with Gasteiger partial charge in [-0.15, -0.1) is 0 Å². The fourth-order valence-electron chi connectivity index (χ4n) is 3.84. The molecular formula is C29H35F3KN7O. The Hall–Kier alpha value is -2.66. The molecule has 0 bridgehead atoms. The average molecular weight is 594 g/mol. The fraction of sp³-hybridized carbons (Fsp3) is 0.345. The van der Waals surface area contributed by atoms with Crippen molar-refractivity contribution in [2.75, 3.05) is 33.7 Å². The maximum Gasteiger partial charge on any atom is 1.00 e. The first-order valence-electron chi connectivity index (χ1n) is 12.6. The van der Waals surface area contributed by atoms with Crippen LogP contribution in [0.15, 0.2) is 64.8 Å². The molecule has 0 radical (unpaired) electrons. The Labute approximate surface area is 281 Å². The van der Waals surface area contributed by atoms with E-state index in [2.05, 4.69) is 34.1 Å². The molecule has 12 heteroatoms. The number of alkyl halides is 3. The SMILES string of the molecule is C[N-]C(=NCC1CCN(C)CC1)/C(C(=N)N)=C(\N)C#Cc1cc(C(N)=O)ccc1C.FC(F)(F)c1ccccc1.[K+]. The van der Waals surface area contributed by atoms with E-state index in [1.165, 1.54) is 12.1 Å². The third-order valence-electron chi connectivity index (χ3n) is 6.27. The van der Waals surface area contributed by atoms with E-state index >= 15 is 0 Å².